The predicted molar refractivity (Wildman–Crippen MR) is 103 cm³/mol. The van der Waals surface area contributed by atoms with Crippen molar-refractivity contribution in [2.75, 3.05) is 16.6 Å². The van der Waals surface area contributed by atoms with Gasteiger partial charge in [-0.25, -0.2) is 25.6 Å². The van der Waals surface area contributed by atoms with Crippen molar-refractivity contribution in [1.82, 2.24) is 10.2 Å². The average molecular weight is 456 g/mol. The number of nitrogens with zero attached hydrogens (tertiary/aromatic N) is 2. The second-order valence-electron chi connectivity index (χ2n) is 5.77. The predicted octanol–water partition coefficient (Wildman–Crippen LogP) is 2.37. The van der Waals surface area contributed by atoms with E-state index >= 15 is 0 Å². The van der Waals surface area contributed by atoms with Gasteiger partial charge in [0.15, 0.2) is 17.5 Å². The van der Waals surface area contributed by atoms with Gasteiger partial charge < -0.3 is 4.74 Å². The molecular formula is C17H14F2N4O5S2. The van der Waals surface area contributed by atoms with Gasteiger partial charge in [0.2, 0.25) is 5.88 Å². The van der Waals surface area contributed by atoms with Crippen LogP contribution >= 0.6 is 0 Å². The van der Waals surface area contributed by atoms with Crippen LogP contribution in [-0.4, -0.2) is 34.1 Å². The van der Waals surface area contributed by atoms with Crippen LogP contribution in [0.3, 0.4) is 0 Å². The molecule has 0 fully saturated rings. The lowest BCUT2D eigenvalue weighted by molar-refractivity contribution is 0.392. The van der Waals surface area contributed by atoms with E-state index in [9.17, 15) is 25.6 Å². The highest BCUT2D eigenvalue weighted by Crippen LogP contribution is 2.21. The summed E-state index contributed by atoms with van der Waals surface area (Å²) in [6.45, 7) is 0. The molecule has 0 aliphatic carbocycles. The van der Waals surface area contributed by atoms with Gasteiger partial charge in [-0.1, -0.05) is 0 Å². The molecule has 30 heavy (non-hydrogen) atoms. The first-order valence-electron chi connectivity index (χ1n) is 8.09. The molecule has 0 aliphatic rings. The standard InChI is InChI=1S/C17H14F2N4O5S2/c1-28-17-9-8-16(20-21-17)23-29(24,25)12-4-2-11(3-5-12)22-30(26,27)13-6-7-14(18)15(19)10-13/h2-10,22H,1H3,(H,20,23). The third-order valence-corrected chi connectivity index (χ3v) is 6.46. The number of hydrogen-bond acceptors (Lipinski definition) is 7. The van der Waals surface area contributed by atoms with E-state index in [1.54, 1.807) is 0 Å². The van der Waals surface area contributed by atoms with Crippen molar-refractivity contribution >= 4 is 31.6 Å². The molecule has 3 rings (SSSR count). The number of methoxy groups -OCH3 is 1. The second-order valence-corrected chi connectivity index (χ2v) is 9.14. The summed E-state index contributed by atoms with van der Waals surface area (Å²) < 4.78 is 84.9. The highest BCUT2D eigenvalue weighted by atomic mass is 32.2. The average Bonchev–Trinajstić information content (AvgIpc) is 2.70. The first-order valence-corrected chi connectivity index (χ1v) is 11.1. The Kier molecular flexibility index (Phi) is 5.85. The van der Waals surface area contributed by atoms with Crippen molar-refractivity contribution in [3.63, 3.8) is 0 Å². The number of hydrogen-bond donors (Lipinski definition) is 2. The zero-order valence-corrected chi connectivity index (χ0v) is 16.8. The fourth-order valence-electron chi connectivity index (χ4n) is 2.24. The van der Waals surface area contributed by atoms with Crippen molar-refractivity contribution in [1.29, 1.82) is 0 Å². The molecule has 0 unspecified atom stereocenters. The van der Waals surface area contributed by atoms with E-state index in [4.69, 9.17) is 4.74 Å². The Morgan fingerprint density at radius 3 is 1.97 bits per heavy atom. The molecule has 2 N–H and O–H groups in total. The third kappa shape index (κ3) is 4.80. The van der Waals surface area contributed by atoms with Crippen molar-refractivity contribution in [2.45, 2.75) is 9.79 Å². The Bertz CT molecular complexity index is 1270. The minimum absolute atomic E-state index is 0.0166. The lowest BCUT2D eigenvalue weighted by Gasteiger charge is -2.10. The van der Waals surface area contributed by atoms with Crippen LogP contribution in [0.15, 0.2) is 64.4 Å². The van der Waals surface area contributed by atoms with Gasteiger partial charge >= 0.3 is 0 Å². The number of sulfonamides is 2. The van der Waals surface area contributed by atoms with E-state index in [1.807, 2.05) is 0 Å². The Balaban J connectivity index is 1.77. The summed E-state index contributed by atoms with van der Waals surface area (Å²) in [5.74, 6) is -2.33. The maximum atomic E-state index is 13.3. The van der Waals surface area contributed by atoms with Gasteiger partial charge in [-0.05, 0) is 48.5 Å². The quantitative estimate of drug-likeness (QED) is 0.559. The van der Waals surface area contributed by atoms with Crippen LogP contribution in [0.4, 0.5) is 20.3 Å². The molecule has 0 amide bonds. The van der Waals surface area contributed by atoms with Gasteiger partial charge in [0, 0.05) is 11.8 Å². The molecule has 0 radical (unpaired) electrons. The van der Waals surface area contributed by atoms with E-state index in [0.717, 1.165) is 18.2 Å². The van der Waals surface area contributed by atoms with E-state index in [2.05, 4.69) is 19.6 Å². The lowest BCUT2D eigenvalue weighted by atomic mass is 10.3. The molecule has 0 saturated heterocycles. The van der Waals surface area contributed by atoms with E-state index in [0.29, 0.717) is 12.1 Å². The van der Waals surface area contributed by atoms with E-state index in [-0.39, 0.29) is 22.3 Å². The molecule has 0 spiro atoms. The van der Waals surface area contributed by atoms with Crippen LogP contribution in [0.2, 0.25) is 0 Å². The number of ether oxygens (including phenoxy) is 1. The minimum Gasteiger partial charge on any atom is -0.480 e. The van der Waals surface area contributed by atoms with Crippen LogP contribution in [0.1, 0.15) is 0 Å². The molecule has 0 atom stereocenters. The van der Waals surface area contributed by atoms with Crippen LogP contribution in [0.5, 0.6) is 5.88 Å². The van der Waals surface area contributed by atoms with Crippen molar-refractivity contribution in [3.8, 4) is 5.88 Å². The van der Waals surface area contributed by atoms with Crippen LogP contribution in [-0.2, 0) is 20.0 Å². The maximum Gasteiger partial charge on any atom is 0.263 e. The van der Waals surface area contributed by atoms with Gasteiger partial charge in [0.05, 0.1) is 16.9 Å². The number of anilines is 2. The molecule has 1 heterocycles. The highest BCUT2D eigenvalue weighted by molar-refractivity contribution is 7.93. The molecule has 2 aromatic carbocycles. The first-order chi connectivity index (χ1) is 14.1. The zero-order valence-electron chi connectivity index (χ0n) is 15.2. The molecule has 158 valence electrons. The topological polar surface area (TPSA) is 127 Å². The summed E-state index contributed by atoms with van der Waals surface area (Å²) in [6.07, 6.45) is 0. The molecule has 0 aliphatic heterocycles. The Morgan fingerprint density at radius 2 is 1.40 bits per heavy atom. The summed E-state index contributed by atoms with van der Waals surface area (Å²) in [6, 6.07) is 9.61. The first kappa shape index (κ1) is 21.4. The summed E-state index contributed by atoms with van der Waals surface area (Å²) in [5.41, 5.74) is 0.0166. The smallest absolute Gasteiger partial charge is 0.263 e. The third-order valence-electron chi connectivity index (χ3n) is 3.71. The van der Waals surface area contributed by atoms with Gasteiger partial charge in [-0.3, -0.25) is 9.44 Å². The van der Waals surface area contributed by atoms with Crippen molar-refractivity contribution < 1.29 is 30.4 Å². The van der Waals surface area contributed by atoms with Crippen molar-refractivity contribution in [2.24, 2.45) is 0 Å². The number of nitrogens with one attached hydrogen (secondary N) is 2. The minimum atomic E-state index is -4.21. The largest absolute Gasteiger partial charge is 0.480 e. The molecule has 1 aromatic heterocycles. The normalized spacial score (nSPS) is 11.7. The van der Waals surface area contributed by atoms with Crippen LogP contribution in [0.25, 0.3) is 0 Å². The summed E-state index contributed by atoms with van der Waals surface area (Å²) >= 11 is 0. The number of halogens is 2. The Morgan fingerprint density at radius 1 is 0.767 bits per heavy atom. The van der Waals surface area contributed by atoms with Crippen LogP contribution < -0.4 is 14.2 Å². The molecule has 0 bridgehead atoms. The number of benzene rings is 2. The zero-order chi connectivity index (χ0) is 21.9. The van der Waals surface area contributed by atoms with Crippen LogP contribution in [0, 0.1) is 11.6 Å². The van der Waals surface area contributed by atoms with Gasteiger partial charge in [0.25, 0.3) is 20.0 Å². The van der Waals surface area contributed by atoms with E-state index in [1.165, 1.54) is 31.4 Å². The Hall–Kier alpha value is -3.32. The lowest BCUT2D eigenvalue weighted by Crippen LogP contribution is -2.15. The van der Waals surface area contributed by atoms with Crippen molar-refractivity contribution in [3.05, 3.63) is 66.2 Å². The monoisotopic (exact) mass is 456 g/mol. The molecule has 13 heteroatoms. The van der Waals surface area contributed by atoms with E-state index < -0.39 is 36.6 Å². The molecular weight excluding hydrogens is 442 g/mol. The SMILES string of the molecule is COc1ccc(NS(=O)(=O)c2ccc(NS(=O)(=O)c3ccc(F)c(F)c3)cc2)nn1. The molecule has 3 aromatic rings. The number of aromatic nitrogens is 2. The Labute approximate surface area is 170 Å². The second kappa shape index (κ2) is 8.20. The van der Waals surface area contributed by atoms with Gasteiger partial charge in [-0.2, -0.15) is 0 Å². The maximum absolute atomic E-state index is 13.3. The fourth-order valence-corrected chi connectivity index (χ4v) is 4.31. The molecule has 0 saturated carbocycles. The number of rotatable bonds is 7. The summed E-state index contributed by atoms with van der Waals surface area (Å²) in [5, 5.41) is 7.30. The molecule has 9 nitrogen and oxygen atoms in total. The summed E-state index contributed by atoms with van der Waals surface area (Å²) in [4.78, 5) is -0.659. The summed E-state index contributed by atoms with van der Waals surface area (Å²) in [7, 11) is -6.84. The van der Waals surface area contributed by atoms with Gasteiger partial charge in [-0.15, -0.1) is 10.2 Å². The highest BCUT2D eigenvalue weighted by Gasteiger charge is 2.19. The van der Waals surface area contributed by atoms with Gasteiger partial charge in [0.1, 0.15) is 0 Å². The fraction of sp³-hybridized carbons (Fsp3) is 0.0588.